The molecular weight excluding hydrogens is 240 g/mol. The standard InChI is InChI=1S/C15H24N2O2/c1-15(2)6-5-10(9-15)17-12-8-14(19-4)13(18-3)7-11(12)16/h7-8,10,17H,5-6,9,16H2,1-4H3. The monoisotopic (exact) mass is 264 g/mol. The Morgan fingerprint density at radius 1 is 1.21 bits per heavy atom. The first-order valence-electron chi connectivity index (χ1n) is 6.73. The highest BCUT2D eigenvalue weighted by molar-refractivity contribution is 5.72. The number of hydrogen-bond donors (Lipinski definition) is 2. The Hall–Kier alpha value is -1.58. The first-order valence-corrected chi connectivity index (χ1v) is 6.73. The highest BCUT2D eigenvalue weighted by atomic mass is 16.5. The van der Waals surface area contributed by atoms with Crippen LogP contribution in [0.5, 0.6) is 11.5 Å². The zero-order valence-corrected chi connectivity index (χ0v) is 12.2. The highest BCUT2D eigenvalue weighted by Crippen LogP contribution is 2.40. The fourth-order valence-electron chi connectivity index (χ4n) is 2.80. The van der Waals surface area contributed by atoms with Crippen LogP contribution in [0.15, 0.2) is 12.1 Å². The number of ether oxygens (including phenoxy) is 2. The number of nitrogens with one attached hydrogen (secondary N) is 1. The van der Waals surface area contributed by atoms with Crippen LogP contribution in [-0.4, -0.2) is 20.3 Å². The van der Waals surface area contributed by atoms with Gasteiger partial charge < -0.3 is 20.5 Å². The molecule has 0 radical (unpaired) electrons. The van der Waals surface area contributed by atoms with Crippen LogP contribution in [0.25, 0.3) is 0 Å². The zero-order valence-electron chi connectivity index (χ0n) is 12.2. The molecule has 1 unspecified atom stereocenters. The van der Waals surface area contributed by atoms with Gasteiger partial charge >= 0.3 is 0 Å². The van der Waals surface area contributed by atoms with Crippen LogP contribution in [0.3, 0.4) is 0 Å². The molecule has 3 N–H and O–H groups in total. The lowest BCUT2D eigenvalue weighted by Crippen LogP contribution is -2.18. The van der Waals surface area contributed by atoms with E-state index >= 15 is 0 Å². The van der Waals surface area contributed by atoms with Crippen molar-refractivity contribution in [2.75, 3.05) is 25.3 Å². The summed E-state index contributed by atoms with van der Waals surface area (Å²) in [5.74, 6) is 1.37. The van der Waals surface area contributed by atoms with Gasteiger partial charge in [0.25, 0.3) is 0 Å². The van der Waals surface area contributed by atoms with E-state index < -0.39 is 0 Å². The number of rotatable bonds is 4. The molecule has 4 nitrogen and oxygen atoms in total. The molecule has 1 aromatic rings. The molecule has 1 aliphatic carbocycles. The molecule has 1 atom stereocenters. The van der Waals surface area contributed by atoms with Crippen molar-refractivity contribution < 1.29 is 9.47 Å². The second-order valence-electron chi connectivity index (χ2n) is 6.04. The molecule has 1 saturated carbocycles. The van der Waals surface area contributed by atoms with E-state index in [9.17, 15) is 0 Å². The van der Waals surface area contributed by atoms with E-state index in [0.717, 1.165) is 5.69 Å². The number of nitrogens with two attached hydrogens (primary N) is 1. The van der Waals surface area contributed by atoms with Crippen molar-refractivity contribution in [1.82, 2.24) is 0 Å². The Morgan fingerprint density at radius 3 is 2.37 bits per heavy atom. The first-order chi connectivity index (χ1) is 8.95. The number of nitrogen functional groups attached to an aromatic ring is 1. The van der Waals surface area contributed by atoms with E-state index in [0.29, 0.717) is 28.6 Å². The summed E-state index contributed by atoms with van der Waals surface area (Å²) in [7, 11) is 3.25. The van der Waals surface area contributed by atoms with Gasteiger partial charge in [-0.1, -0.05) is 13.8 Å². The van der Waals surface area contributed by atoms with Gasteiger partial charge in [-0.2, -0.15) is 0 Å². The van der Waals surface area contributed by atoms with E-state index in [1.165, 1.54) is 19.3 Å². The van der Waals surface area contributed by atoms with Crippen LogP contribution in [0.1, 0.15) is 33.1 Å². The molecule has 19 heavy (non-hydrogen) atoms. The Balaban J connectivity index is 2.17. The molecule has 0 aromatic heterocycles. The first kappa shape index (κ1) is 13.8. The molecule has 4 heteroatoms. The lowest BCUT2D eigenvalue weighted by molar-refractivity contribution is 0.355. The minimum Gasteiger partial charge on any atom is -0.493 e. The minimum atomic E-state index is 0.420. The van der Waals surface area contributed by atoms with E-state index in [-0.39, 0.29) is 0 Å². The Morgan fingerprint density at radius 2 is 1.84 bits per heavy atom. The molecule has 0 saturated heterocycles. The number of anilines is 2. The van der Waals surface area contributed by atoms with Crippen molar-refractivity contribution in [2.45, 2.75) is 39.2 Å². The van der Waals surface area contributed by atoms with E-state index in [4.69, 9.17) is 15.2 Å². The smallest absolute Gasteiger partial charge is 0.162 e. The van der Waals surface area contributed by atoms with Gasteiger partial charge in [0.15, 0.2) is 11.5 Å². The molecule has 1 aliphatic rings. The molecular formula is C15H24N2O2. The van der Waals surface area contributed by atoms with Crippen molar-refractivity contribution >= 4 is 11.4 Å². The minimum absolute atomic E-state index is 0.420. The summed E-state index contributed by atoms with van der Waals surface area (Å²) in [6.07, 6.45) is 3.60. The lowest BCUT2D eigenvalue weighted by Gasteiger charge is -2.20. The van der Waals surface area contributed by atoms with Crippen molar-refractivity contribution in [3.8, 4) is 11.5 Å². The summed E-state index contributed by atoms with van der Waals surface area (Å²) in [4.78, 5) is 0. The van der Waals surface area contributed by atoms with Crippen molar-refractivity contribution in [1.29, 1.82) is 0 Å². The molecule has 1 fully saturated rings. The van der Waals surface area contributed by atoms with Gasteiger partial charge in [-0.3, -0.25) is 0 Å². The highest BCUT2D eigenvalue weighted by Gasteiger charge is 2.31. The predicted molar refractivity (Wildman–Crippen MR) is 79.0 cm³/mol. The van der Waals surface area contributed by atoms with Gasteiger partial charge in [-0.25, -0.2) is 0 Å². The van der Waals surface area contributed by atoms with Crippen molar-refractivity contribution in [3.05, 3.63) is 12.1 Å². The quantitative estimate of drug-likeness (QED) is 0.819. The molecule has 0 heterocycles. The summed E-state index contributed by atoms with van der Waals surface area (Å²) >= 11 is 0. The van der Waals surface area contributed by atoms with Crippen LogP contribution in [0.4, 0.5) is 11.4 Å². The van der Waals surface area contributed by atoms with E-state index in [1.807, 2.05) is 6.07 Å². The van der Waals surface area contributed by atoms with Gasteiger partial charge in [0.2, 0.25) is 0 Å². The SMILES string of the molecule is COc1cc(N)c(NC2CCC(C)(C)C2)cc1OC. The molecule has 0 amide bonds. The van der Waals surface area contributed by atoms with Crippen molar-refractivity contribution in [3.63, 3.8) is 0 Å². The maximum absolute atomic E-state index is 6.07. The molecule has 0 aliphatic heterocycles. The molecule has 0 spiro atoms. The number of benzene rings is 1. The zero-order chi connectivity index (χ0) is 14.0. The van der Waals surface area contributed by atoms with Gasteiger partial charge in [0.05, 0.1) is 25.6 Å². The van der Waals surface area contributed by atoms with Crippen molar-refractivity contribution in [2.24, 2.45) is 5.41 Å². The van der Waals surface area contributed by atoms with Crippen LogP contribution in [0, 0.1) is 5.41 Å². The third-order valence-electron chi connectivity index (χ3n) is 3.88. The number of hydrogen-bond acceptors (Lipinski definition) is 4. The summed E-state index contributed by atoms with van der Waals surface area (Å²) in [6.45, 7) is 4.62. The fourth-order valence-corrected chi connectivity index (χ4v) is 2.80. The van der Waals surface area contributed by atoms with Crippen LogP contribution < -0.4 is 20.5 Å². The maximum Gasteiger partial charge on any atom is 0.162 e. The Labute approximate surface area is 115 Å². The average molecular weight is 264 g/mol. The third-order valence-corrected chi connectivity index (χ3v) is 3.88. The fraction of sp³-hybridized carbons (Fsp3) is 0.600. The topological polar surface area (TPSA) is 56.5 Å². The second-order valence-corrected chi connectivity index (χ2v) is 6.04. The largest absolute Gasteiger partial charge is 0.493 e. The van der Waals surface area contributed by atoms with Gasteiger partial charge in [-0.05, 0) is 24.7 Å². The summed E-state index contributed by atoms with van der Waals surface area (Å²) in [5, 5.41) is 3.53. The lowest BCUT2D eigenvalue weighted by atomic mass is 9.92. The van der Waals surface area contributed by atoms with Gasteiger partial charge in [-0.15, -0.1) is 0 Å². The Bertz CT molecular complexity index is 458. The Kier molecular flexibility index (Phi) is 3.78. The molecule has 1 aromatic carbocycles. The summed E-state index contributed by atoms with van der Waals surface area (Å²) < 4.78 is 10.6. The second kappa shape index (κ2) is 5.19. The normalized spacial score (nSPS) is 21.2. The summed E-state index contributed by atoms with van der Waals surface area (Å²) in [5.41, 5.74) is 8.12. The predicted octanol–water partition coefficient (Wildman–Crippen LogP) is 3.28. The third kappa shape index (κ3) is 3.06. The molecule has 0 bridgehead atoms. The maximum atomic E-state index is 6.07. The van der Waals surface area contributed by atoms with Gasteiger partial charge in [0, 0.05) is 18.2 Å². The summed E-state index contributed by atoms with van der Waals surface area (Å²) in [6, 6.07) is 4.20. The molecule has 106 valence electrons. The van der Waals surface area contributed by atoms with Gasteiger partial charge in [0.1, 0.15) is 0 Å². The van der Waals surface area contributed by atoms with Crippen LogP contribution in [-0.2, 0) is 0 Å². The van der Waals surface area contributed by atoms with E-state index in [1.54, 1.807) is 20.3 Å². The number of methoxy groups -OCH3 is 2. The average Bonchev–Trinajstić information content (AvgIpc) is 2.70. The van der Waals surface area contributed by atoms with Crippen LogP contribution >= 0.6 is 0 Å². The van der Waals surface area contributed by atoms with E-state index in [2.05, 4.69) is 19.2 Å². The molecule has 2 rings (SSSR count). The van der Waals surface area contributed by atoms with Crippen LogP contribution in [0.2, 0.25) is 0 Å².